The monoisotopic (exact) mass is 414 g/mol. The van der Waals surface area contributed by atoms with Crippen LogP contribution >= 0.6 is 0 Å². The van der Waals surface area contributed by atoms with Crippen LogP contribution < -0.4 is 20.4 Å². The molecule has 0 atom stereocenters. The first-order chi connectivity index (χ1) is 15.0. The van der Waals surface area contributed by atoms with Crippen LogP contribution in [-0.4, -0.2) is 43.9 Å². The first-order valence-corrected chi connectivity index (χ1v) is 10.3. The van der Waals surface area contributed by atoms with E-state index in [9.17, 15) is 14.4 Å². The van der Waals surface area contributed by atoms with Gasteiger partial charge in [-0.05, 0) is 42.5 Å². The molecule has 2 N–H and O–H groups in total. The summed E-state index contributed by atoms with van der Waals surface area (Å²) in [7, 11) is 0. The van der Waals surface area contributed by atoms with Gasteiger partial charge in [0.15, 0.2) is 0 Å². The van der Waals surface area contributed by atoms with Gasteiger partial charge in [-0.3, -0.25) is 14.4 Å². The molecule has 3 aromatic rings. The molecule has 3 aromatic carbocycles. The van der Waals surface area contributed by atoms with Gasteiger partial charge in [0.2, 0.25) is 5.91 Å². The molecule has 0 radical (unpaired) electrons. The minimum Gasteiger partial charge on any atom is -0.368 e. The highest BCUT2D eigenvalue weighted by molar-refractivity contribution is 6.36. The molecule has 0 unspecified atom stereocenters. The number of amides is 3. The average molecular weight is 414 g/mol. The molecular weight excluding hydrogens is 392 g/mol. The number of hydrogen-bond donors (Lipinski definition) is 2. The molecule has 0 aliphatic carbocycles. The van der Waals surface area contributed by atoms with Crippen molar-refractivity contribution in [3.63, 3.8) is 0 Å². The Morgan fingerprint density at radius 2 is 1.58 bits per heavy atom. The molecule has 156 valence electrons. The molecule has 3 amide bonds. The number of hydrogen-bond acceptors (Lipinski definition) is 5. The molecule has 7 nitrogen and oxygen atoms in total. The molecule has 2 aliphatic rings. The molecular formula is C24H22N4O3. The van der Waals surface area contributed by atoms with Crippen molar-refractivity contribution in [2.75, 3.05) is 41.3 Å². The van der Waals surface area contributed by atoms with E-state index >= 15 is 0 Å². The number of benzene rings is 3. The van der Waals surface area contributed by atoms with Crippen LogP contribution in [0.15, 0.2) is 54.6 Å². The van der Waals surface area contributed by atoms with Crippen molar-refractivity contribution in [1.29, 1.82) is 0 Å². The van der Waals surface area contributed by atoms with E-state index in [0.29, 0.717) is 22.5 Å². The Morgan fingerprint density at radius 1 is 0.903 bits per heavy atom. The molecule has 0 saturated carbocycles. The van der Waals surface area contributed by atoms with Crippen LogP contribution in [-0.2, 0) is 4.79 Å². The first-order valence-electron chi connectivity index (χ1n) is 10.3. The lowest BCUT2D eigenvalue weighted by Crippen LogP contribution is -2.44. The van der Waals surface area contributed by atoms with E-state index in [2.05, 4.69) is 15.5 Å². The SMILES string of the molecule is CC(=O)Nc1ccc(N2C(=O)c3cccc4c(N5CCNCC5)ccc(c34)C2=O)cc1. The minimum atomic E-state index is -0.340. The lowest BCUT2D eigenvalue weighted by Gasteiger charge is -2.32. The fourth-order valence-electron chi connectivity index (χ4n) is 4.39. The Kier molecular flexibility index (Phi) is 4.67. The second kappa shape index (κ2) is 7.52. The normalized spacial score (nSPS) is 16.0. The molecule has 1 saturated heterocycles. The number of carbonyl (C=O) groups excluding carboxylic acids is 3. The zero-order valence-corrected chi connectivity index (χ0v) is 17.1. The van der Waals surface area contributed by atoms with E-state index < -0.39 is 0 Å². The van der Waals surface area contributed by atoms with E-state index in [1.165, 1.54) is 11.8 Å². The summed E-state index contributed by atoms with van der Waals surface area (Å²) in [6, 6.07) is 16.2. The summed E-state index contributed by atoms with van der Waals surface area (Å²) in [5, 5.41) is 7.69. The maximum atomic E-state index is 13.4. The highest BCUT2D eigenvalue weighted by Gasteiger charge is 2.34. The van der Waals surface area contributed by atoms with Crippen LogP contribution in [0.4, 0.5) is 17.1 Å². The number of nitrogens with one attached hydrogen (secondary N) is 2. The molecule has 31 heavy (non-hydrogen) atoms. The maximum Gasteiger partial charge on any atom is 0.265 e. The fraction of sp³-hybridized carbons (Fsp3) is 0.208. The third-order valence-corrected chi connectivity index (χ3v) is 5.79. The standard InChI is InChI=1S/C24H22N4O3/c1-15(29)26-16-5-7-17(8-6-16)28-23(30)19-4-2-3-18-21(27-13-11-25-12-14-27)10-9-20(22(18)19)24(28)31/h2-10,25H,11-14H2,1H3,(H,26,29). The number of carbonyl (C=O) groups is 3. The van der Waals surface area contributed by atoms with Crippen molar-refractivity contribution >= 4 is 45.6 Å². The number of anilines is 3. The first kappa shape index (κ1) is 19.3. The lowest BCUT2D eigenvalue weighted by molar-refractivity contribution is -0.114. The van der Waals surface area contributed by atoms with Crippen LogP contribution in [0.25, 0.3) is 10.8 Å². The lowest BCUT2D eigenvalue weighted by atomic mass is 9.92. The summed E-state index contributed by atoms with van der Waals surface area (Å²) in [6.45, 7) is 5.00. The third-order valence-electron chi connectivity index (χ3n) is 5.79. The summed E-state index contributed by atoms with van der Waals surface area (Å²) in [5.41, 5.74) is 3.18. The molecule has 0 bridgehead atoms. The molecule has 0 spiro atoms. The van der Waals surface area contributed by atoms with Crippen LogP contribution in [0, 0.1) is 0 Å². The topological polar surface area (TPSA) is 81.8 Å². The summed E-state index contributed by atoms with van der Waals surface area (Å²) >= 11 is 0. The van der Waals surface area contributed by atoms with E-state index in [0.717, 1.165) is 42.6 Å². The predicted octanol–water partition coefficient (Wildman–Crippen LogP) is 3.01. The van der Waals surface area contributed by atoms with Crippen molar-refractivity contribution in [3.8, 4) is 0 Å². The summed E-state index contributed by atoms with van der Waals surface area (Å²) < 4.78 is 0. The Bertz CT molecular complexity index is 1190. The summed E-state index contributed by atoms with van der Waals surface area (Å²) in [5.74, 6) is -0.862. The second-order valence-electron chi connectivity index (χ2n) is 7.77. The highest BCUT2D eigenvalue weighted by atomic mass is 16.2. The Morgan fingerprint density at radius 3 is 2.26 bits per heavy atom. The zero-order chi connectivity index (χ0) is 21.5. The van der Waals surface area contributed by atoms with Gasteiger partial charge in [-0.1, -0.05) is 12.1 Å². The Labute approximate surface area is 179 Å². The Hall–Kier alpha value is -3.71. The van der Waals surface area contributed by atoms with E-state index in [1.807, 2.05) is 24.3 Å². The average Bonchev–Trinajstić information content (AvgIpc) is 2.78. The predicted molar refractivity (Wildman–Crippen MR) is 121 cm³/mol. The molecule has 2 aliphatic heterocycles. The van der Waals surface area contributed by atoms with Gasteiger partial charge in [0.05, 0.1) is 5.69 Å². The molecule has 2 heterocycles. The largest absolute Gasteiger partial charge is 0.368 e. The van der Waals surface area contributed by atoms with Crippen LogP contribution in [0.5, 0.6) is 0 Å². The highest BCUT2D eigenvalue weighted by Crippen LogP contribution is 2.37. The number of nitrogens with zero attached hydrogens (tertiary/aromatic N) is 2. The van der Waals surface area contributed by atoms with Crippen molar-refractivity contribution < 1.29 is 14.4 Å². The maximum absolute atomic E-state index is 13.4. The number of imide groups is 1. The molecule has 0 aromatic heterocycles. The van der Waals surface area contributed by atoms with Gasteiger partial charge in [0.25, 0.3) is 11.8 Å². The van der Waals surface area contributed by atoms with E-state index in [4.69, 9.17) is 0 Å². The van der Waals surface area contributed by atoms with Crippen molar-refractivity contribution in [3.05, 3.63) is 65.7 Å². The van der Waals surface area contributed by atoms with Crippen LogP contribution in [0.3, 0.4) is 0 Å². The fourth-order valence-corrected chi connectivity index (χ4v) is 4.39. The summed E-state index contributed by atoms with van der Waals surface area (Å²) in [4.78, 5) is 41.5. The minimum absolute atomic E-state index is 0.182. The number of piperazine rings is 1. The van der Waals surface area contributed by atoms with Crippen LogP contribution in [0.1, 0.15) is 27.6 Å². The van der Waals surface area contributed by atoms with Crippen LogP contribution in [0.2, 0.25) is 0 Å². The quantitative estimate of drug-likeness (QED) is 0.644. The van der Waals surface area contributed by atoms with E-state index in [1.54, 1.807) is 30.3 Å². The smallest absolute Gasteiger partial charge is 0.265 e. The van der Waals surface area contributed by atoms with Gasteiger partial charge in [-0.2, -0.15) is 0 Å². The van der Waals surface area contributed by atoms with Gasteiger partial charge >= 0.3 is 0 Å². The van der Waals surface area contributed by atoms with Crippen molar-refractivity contribution in [2.45, 2.75) is 6.92 Å². The van der Waals surface area contributed by atoms with Gasteiger partial charge < -0.3 is 15.5 Å². The van der Waals surface area contributed by atoms with Gasteiger partial charge in [0.1, 0.15) is 0 Å². The van der Waals surface area contributed by atoms with Gasteiger partial charge in [0, 0.05) is 66.4 Å². The zero-order valence-electron chi connectivity index (χ0n) is 17.1. The van der Waals surface area contributed by atoms with Crippen molar-refractivity contribution in [1.82, 2.24) is 5.32 Å². The molecule has 7 heteroatoms. The van der Waals surface area contributed by atoms with Gasteiger partial charge in [-0.15, -0.1) is 0 Å². The number of rotatable bonds is 3. The molecule has 5 rings (SSSR count). The second-order valence-corrected chi connectivity index (χ2v) is 7.77. The van der Waals surface area contributed by atoms with E-state index in [-0.39, 0.29) is 17.7 Å². The summed E-state index contributed by atoms with van der Waals surface area (Å²) in [6.07, 6.45) is 0. The Balaban J connectivity index is 1.58. The van der Waals surface area contributed by atoms with Gasteiger partial charge in [-0.25, -0.2) is 4.90 Å². The molecule has 1 fully saturated rings. The van der Waals surface area contributed by atoms with Crippen molar-refractivity contribution in [2.24, 2.45) is 0 Å². The third kappa shape index (κ3) is 3.23.